The molecule has 0 saturated carbocycles. The normalized spacial score (nSPS) is 12.7. The minimum Gasteiger partial charge on any atom is -0.467 e. The van der Waals surface area contributed by atoms with E-state index in [1.165, 1.54) is 16.5 Å². The Morgan fingerprint density at radius 2 is 2.14 bits per heavy atom. The van der Waals surface area contributed by atoms with Gasteiger partial charge in [0.2, 0.25) is 0 Å². The third kappa shape index (κ3) is 2.69. The molecule has 0 amide bonds. The average Bonchev–Trinajstić information content (AvgIpc) is 2.94. The van der Waals surface area contributed by atoms with Crippen molar-refractivity contribution in [3.8, 4) is 0 Å². The third-order valence-corrected chi connectivity index (χ3v) is 3.79. The van der Waals surface area contributed by atoms with Crippen molar-refractivity contribution in [2.24, 2.45) is 0 Å². The van der Waals surface area contributed by atoms with Crippen LogP contribution < -0.4 is 5.32 Å². The second-order valence-corrected chi connectivity index (χ2v) is 5.30. The summed E-state index contributed by atoms with van der Waals surface area (Å²) in [4.78, 5) is 4.21. The van der Waals surface area contributed by atoms with Gasteiger partial charge in [0.15, 0.2) is 0 Å². The standard InChI is InChI=1S/C18H20N2O/c1-3-9-20-17(18-13(2)8-11-21-18)16-6-4-5-14-12-19-10-7-15(14)16/h4-8,10-12,17,20H,3,9H2,1-2H3. The molecule has 2 heterocycles. The minimum absolute atomic E-state index is 0.0750. The van der Waals surface area contributed by atoms with Crippen molar-refractivity contribution in [2.45, 2.75) is 26.3 Å². The Morgan fingerprint density at radius 3 is 2.90 bits per heavy atom. The summed E-state index contributed by atoms with van der Waals surface area (Å²) < 4.78 is 5.75. The molecule has 1 N–H and O–H groups in total. The lowest BCUT2D eigenvalue weighted by Crippen LogP contribution is -2.23. The largest absolute Gasteiger partial charge is 0.467 e. The SMILES string of the molecule is CCCNC(c1occc1C)c1cccc2cnccc12. The summed E-state index contributed by atoms with van der Waals surface area (Å²) in [6, 6.07) is 10.5. The zero-order valence-corrected chi connectivity index (χ0v) is 12.5. The first-order valence-electron chi connectivity index (χ1n) is 7.41. The zero-order valence-electron chi connectivity index (χ0n) is 12.5. The van der Waals surface area contributed by atoms with Gasteiger partial charge < -0.3 is 9.73 Å². The Balaban J connectivity index is 2.12. The highest BCUT2D eigenvalue weighted by Gasteiger charge is 2.20. The van der Waals surface area contributed by atoms with Gasteiger partial charge in [-0.2, -0.15) is 0 Å². The molecule has 1 aromatic carbocycles. The van der Waals surface area contributed by atoms with E-state index in [0.29, 0.717) is 0 Å². The summed E-state index contributed by atoms with van der Waals surface area (Å²) in [6.07, 6.45) is 6.60. The van der Waals surface area contributed by atoms with Crippen LogP contribution in [0.4, 0.5) is 0 Å². The van der Waals surface area contributed by atoms with Gasteiger partial charge in [-0.15, -0.1) is 0 Å². The molecule has 0 fully saturated rings. The molecule has 3 aromatic rings. The van der Waals surface area contributed by atoms with Crippen LogP contribution in [0.1, 0.15) is 36.3 Å². The molecule has 0 aliphatic rings. The summed E-state index contributed by atoms with van der Waals surface area (Å²) in [5.74, 6) is 0.993. The molecular formula is C18H20N2O. The Morgan fingerprint density at radius 1 is 1.24 bits per heavy atom. The molecule has 0 aliphatic heterocycles. The van der Waals surface area contributed by atoms with Gasteiger partial charge in [-0.1, -0.05) is 25.1 Å². The number of aromatic nitrogens is 1. The summed E-state index contributed by atoms with van der Waals surface area (Å²) in [7, 11) is 0. The van der Waals surface area contributed by atoms with Crippen molar-refractivity contribution in [1.29, 1.82) is 0 Å². The van der Waals surface area contributed by atoms with Crippen molar-refractivity contribution in [2.75, 3.05) is 6.54 Å². The first kappa shape index (κ1) is 13.8. The van der Waals surface area contributed by atoms with E-state index < -0.39 is 0 Å². The number of hydrogen-bond donors (Lipinski definition) is 1. The molecule has 1 unspecified atom stereocenters. The lowest BCUT2D eigenvalue weighted by Gasteiger charge is -2.19. The lowest BCUT2D eigenvalue weighted by molar-refractivity contribution is 0.445. The molecular weight excluding hydrogens is 260 g/mol. The molecule has 0 spiro atoms. The number of fused-ring (bicyclic) bond motifs is 1. The van der Waals surface area contributed by atoms with Gasteiger partial charge >= 0.3 is 0 Å². The maximum atomic E-state index is 5.75. The van der Waals surface area contributed by atoms with Gasteiger partial charge in [-0.05, 0) is 48.5 Å². The summed E-state index contributed by atoms with van der Waals surface area (Å²) in [5, 5.41) is 5.98. The van der Waals surface area contributed by atoms with E-state index in [9.17, 15) is 0 Å². The Kier molecular flexibility index (Phi) is 4.02. The van der Waals surface area contributed by atoms with E-state index >= 15 is 0 Å². The van der Waals surface area contributed by atoms with Crippen LogP contribution in [-0.2, 0) is 0 Å². The summed E-state index contributed by atoms with van der Waals surface area (Å²) in [5.41, 5.74) is 2.41. The van der Waals surface area contributed by atoms with E-state index in [1.54, 1.807) is 6.26 Å². The van der Waals surface area contributed by atoms with Crippen molar-refractivity contribution >= 4 is 10.8 Å². The summed E-state index contributed by atoms with van der Waals surface area (Å²) in [6.45, 7) is 5.21. The maximum absolute atomic E-state index is 5.75. The fraction of sp³-hybridized carbons (Fsp3) is 0.278. The highest BCUT2D eigenvalue weighted by atomic mass is 16.3. The number of rotatable bonds is 5. The molecule has 21 heavy (non-hydrogen) atoms. The Bertz CT molecular complexity index is 727. The van der Waals surface area contributed by atoms with Gasteiger partial charge in [-0.3, -0.25) is 4.98 Å². The molecule has 3 nitrogen and oxygen atoms in total. The molecule has 2 aromatic heterocycles. The fourth-order valence-corrected chi connectivity index (χ4v) is 2.71. The zero-order chi connectivity index (χ0) is 14.7. The van der Waals surface area contributed by atoms with Gasteiger partial charge in [0.1, 0.15) is 5.76 Å². The van der Waals surface area contributed by atoms with E-state index in [-0.39, 0.29) is 6.04 Å². The minimum atomic E-state index is 0.0750. The average molecular weight is 280 g/mol. The van der Waals surface area contributed by atoms with Crippen LogP contribution in [0.5, 0.6) is 0 Å². The van der Waals surface area contributed by atoms with E-state index in [2.05, 4.69) is 48.4 Å². The van der Waals surface area contributed by atoms with Crippen LogP contribution in [0.15, 0.2) is 53.4 Å². The predicted octanol–water partition coefficient (Wildman–Crippen LogP) is 4.23. The number of pyridine rings is 1. The number of aryl methyl sites for hydroxylation is 1. The van der Waals surface area contributed by atoms with Gasteiger partial charge in [0.25, 0.3) is 0 Å². The molecule has 0 bridgehead atoms. The third-order valence-electron chi connectivity index (χ3n) is 3.79. The topological polar surface area (TPSA) is 38.1 Å². The molecule has 1 atom stereocenters. The molecule has 0 aliphatic carbocycles. The molecule has 0 radical (unpaired) electrons. The van der Waals surface area contributed by atoms with E-state index in [4.69, 9.17) is 4.42 Å². The van der Waals surface area contributed by atoms with Crippen LogP contribution >= 0.6 is 0 Å². The first-order chi connectivity index (χ1) is 10.3. The first-order valence-corrected chi connectivity index (χ1v) is 7.41. The molecule has 0 saturated heterocycles. The second-order valence-electron chi connectivity index (χ2n) is 5.30. The smallest absolute Gasteiger partial charge is 0.128 e. The predicted molar refractivity (Wildman–Crippen MR) is 85.3 cm³/mol. The fourth-order valence-electron chi connectivity index (χ4n) is 2.71. The molecule has 108 valence electrons. The number of furan rings is 1. The van der Waals surface area contributed by atoms with Crippen molar-refractivity contribution in [3.63, 3.8) is 0 Å². The number of hydrogen-bond acceptors (Lipinski definition) is 3. The number of nitrogens with one attached hydrogen (secondary N) is 1. The van der Waals surface area contributed by atoms with E-state index in [1.807, 2.05) is 18.5 Å². The Hall–Kier alpha value is -2.13. The van der Waals surface area contributed by atoms with Gasteiger partial charge in [0.05, 0.1) is 12.3 Å². The lowest BCUT2D eigenvalue weighted by atomic mass is 9.96. The number of nitrogens with zero attached hydrogens (tertiary/aromatic N) is 1. The van der Waals surface area contributed by atoms with Crippen molar-refractivity contribution in [1.82, 2.24) is 10.3 Å². The van der Waals surface area contributed by atoms with Crippen molar-refractivity contribution < 1.29 is 4.42 Å². The van der Waals surface area contributed by atoms with Crippen LogP contribution in [-0.4, -0.2) is 11.5 Å². The number of benzene rings is 1. The highest BCUT2D eigenvalue weighted by molar-refractivity contribution is 5.85. The monoisotopic (exact) mass is 280 g/mol. The molecule has 3 rings (SSSR count). The highest BCUT2D eigenvalue weighted by Crippen LogP contribution is 2.30. The van der Waals surface area contributed by atoms with Crippen molar-refractivity contribution in [3.05, 3.63) is 65.9 Å². The maximum Gasteiger partial charge on any atom is 0.128 e. The van der Waals surface area contributed by atoms with Crippen LogP contribution in [0.2, 0.25) is 0 Å². The van der Waals surface area contributed by atoms with Gasteiger partial charge in [0, 0.05) is 17.8 Å². The Labute approximate surface area is 125 Å². The van der Waals surface area contributed by atoms with Crippen LogP contribution in [0, 0.1) is 6.92 Å². The summed E-state index contributed by atoms with van der Waals surface area (Å²) >= 11 is 0. The van der Waals surface area contributed by atoms with Crippen LogP contribution in [0.25, 0.3) is 10.8 Å². The molecule has 3 heteroatoms. The van der Waals surface area contributed by atoms with Crippen LogP contribution in [0.3, 0.4) is 0 Å². The quantitative estimate of drug-likeness (QED) is 0.760. The van der Waals surface area contributed by atoms with Gasteiger partial charge in [-0.25, -0.2) is 0 Å². The second kappa shape index (κ2) is 6.10. The van der Waals surface area contributed by atoms with E-state index in [0.717, 1.165) is 24.1 Å².